The molecular formula is C19H25NO4. The van der Waals surface area contributed by atoms with Gasteiger partial charge in [-0.05, 0) is 36.5 Å². The van der Waals surface area contributed by atoms with Gasteiger partial charge in [-0.1, -0.05) is 26.0 Å². The van der Waals surface area contributed by atoms with Crippen LogP contribution in [-0.4, -0.2) is 48.2 Å². The molecule has 2 fully saturated rings. The molecule has 3 rings (SSSR count). The van der Waals surface area contributed by atoms with Gasteiger partial charge in [0.25, 0.3) is 5.91 Å². The molecule has 2 heterocycles. The fourth-order valence-electron chi connectivity index (χ4n) is 3.89. The predicted octanol–water partition coefficient (Wildman–Crippen LogP) is 2.45. The average molecular weight is 331 g/mol. The van der Waals surface area contributed by atoms with Crippen molar-refractivity contribution in [3.05, 3.63) is 35.4 Å². The highest BCUT2D eigenvalue weighted by molar-refractivity contribution is 5.95. The third kappa shape index (κ3) is 3.05. The van der Waals surface area contributed by atoms with E-state index in [0.717, 1.165) is 6.42 Å². The fraction of sp³-hybridized carbons (Fsp3) is 0.579. The molecule has 0 saturated carbocycles. The molecule has 0 unspecified atom stereocenters. The maximum absolute atomic E-state index is 12.8. The van der Waals surface area contributed by atoms with E-state index in [1.807, 2.05) is 24.3 Å². The summed E-state index contributed by atoms with van der Waals surface area (Å²) in [6.07, 6.45) is 1.46. The zero-order valence-electron chi connectivity index (χ0n) is 14.3. The van der Waals surface area contributed by atoms with Crippen molar-refractivity contribution < 1.29 is 19.4 Å². The Morgan fingerprint density at radius 3 is 2.62 bits per heavy atom. The standard InChI is InChI=1S/C19H25NO4/c1-13(2)9-14-3-5-15(6-4-14)17(21)20-10-16-11-24-8-7-19(16,12-20)18(22)23/h3-6,13,16H,7-12H2,1-2H3,(H,22,23)/t16-,19+/m1/s1. The van der Waals surface area contributed by atoms with Crippen LogP contribution in [0.15, 0.2) is 24.3 Å². The van der Waals surface area contributed by atoms with E-state index in [9.17, 15) is 14.7 Å². The molecule has 2 aliphatic rings. The van der Waals surface area contributed by atoms with E-state index in [4.69, 9.17) is 4.74 Å². The van der Waals surface area contributed by atoms with Crippen molar-refractivity contribution in [3.8, 4) is 0 Å². The lowest BCUT2D eigenvalue weighted by Gasteiger charge is -2.33. The van der Waals surface area contributed by atoms with Crippen molar-refractivity contribution in [3.63, 3.8) is 0 Å². The molecule has 0 aromatic heterocycles. The molecule has 0 aliphatic carbocycles. The Hall–Kier alpha value is -1.88. The zero-order chi connectivity index (χ0) is 17.3. The Kier molecular flexibility index (Phi) is 4.63. The second-order valence-electron chi connectivity index (χ2n) is 7.46. The molecular weight excluding hydrogens is 306 g/mol. The monoisotopic (exact) mass is 331 g/mol. The number of amides is 1. The highest BCUT2D eigenvalue weighted by Gasteiger charge is 2.54. The van der Waals surface area contributed by atoms with Gasteiger partial charge in [-0.3, -0.25) is 9.59 Å². The van der Waals surface area contributed by atoms with Crippen LogP contribution >= 0.6 is 0 Å². The number of carboxylic acid groups (broad SMARTS) is 1. The number of hydrogen-bond donors (Lipinski definition) is 1. The summed E-state index contributed by atoms with van der Waals surface area (Å²) in [7, 11) is 0. The number of aliphatic carboxylic acids is 1. The maximum Gasteiger partial charge on any atom is 0.311 e. The number of carboxylic acids is 1. The van der Waals surface area contributed by atoms with Crippen LogP contribution in [0.1, 0.15) is 36.2 Å². The van der Waals surface area contributed by atoms with Gasteiger partial charge >= 0.3 is 5.97 Å². The van der Waals surface area contributed by atoms with Crippen molar-refractivity contribution >= 4 is 11.9 Å². The lowest BCUT2D eigenvalue weighted by molar-refractivity contribution is -0.157. The van der Waals surface area contributed by atoms with Gasteiger partial charge in [0.05, 0.1) is 12.0 Å². The predicted molar refractivity (Wildman–Crippen MR) is 89.9 cm³/mol. The van der Waals surface area contributed by atoms with Crippen LogP contribution in [0, 0.1) is 17.3 Å². The number of benzene rings is 1. The first-order chi connectivity index (χ1) is 11.4. The molecule has 2 aliphatic heterocycles. The van der Waals surface area contributed by atoms with E-state index in [1.165, 1.54) is 5.56 Å². The third-order valence-corrected chi connectivity index (χ3v) is 5.26. The molecule has 2 saturated heterocycles. The van der Waals surface area contributed by atoms with Gasteiger partial charge in [-0.15, -0.1) is 0 Å². The Balaban J connectivity index is 1.75. The first kappa shape index (κ1) is 17.0. The second kappa shape index (κ2) is 6.55. The normalized spacial score (nSPS) is 26.5. The van der Waals surface area contributed by atoms with Gasteiger partial charge < -0.3 is 14.7 Å². The molecule has 2 atom stereocenters. The number of carbonyl (C=O) groups excluding carboxylic acids is 1. The first-order valence-corrected chi connectivity index (χ1v) is 8.62. The Labute approximate surface area is 142 Å². The van der Waals surface area contributed by atoms with Gasteiger partial charge in [0.1, 0.15) is 0 Å². The van der Waals surface area contributed by atoms with Gasteiger partial charge in [-0.2, -0.15) is 0 Å². The smallest absolute Gasteiger partial charge is 0.311 e. The number of hydrogen-bond acceptors (Lipinski definition) is 3. The summed E-state index contributed by atoms with van der Waals surface area (Å²) in [5.74, 6) is -0.434. The third-order valence-electron chi connectivity index (χ3n) is 5.26. The fourth-order valence-corrected chi connectivity index (χ4v) is 3.89. The molecule has 5 heteroatoms. The van der Waals surface area contributed by atoms with Crippen LogP contribution in [0.2, 0.25) is 0 Å². The lowest BCUT2D eigenvalue weighted by Crippen LogP contribution is -2.45. The van der Waals surface area contributed by atoms with E-state index in [2.05, 4.69) is 13.8 Å². The van der Waals surface area contributed by atoms with Crippen LogP contribution in [0.5, 0.6) is 0 Å². The first-order valence-electron chi connectivity index (χ1n) is 8.62. The molecule has 0 spiro atoms. The molecule has 1 aromatic carbocycles. The van der Waals surface area contributed by atoms with Crippen LogP contribution in [0.25, 0.3) is 0 Å². The molecule has 5 nitrogen and oxygen atoms in total. The summed E-state index contributed by atoms with van der Waals surface area (Å²) in [5.41, 5.74) is 1.00. The minimum absolute atomic E-state index is 0.0823. The van der Waals surface area contributed by atoms with Crippen molar-refractivity contribution in [1.29, 1.82) is 0 Å². The number of carbonyl (C=O) groups is 2. The van der Waals surface area contributed by atoms with Crippen LogP contribution < -0.4 is 0 Å². The number of ether oxygens (including phenoxy) is 1. The van der Waals surface area contributed by atoms with Crippen molar-refractivity contribution in [2.75, 3.05) is 26.3 Å². The second-order valence-corrected chi connectivity index (χ2v) is 7.46. The highest BCUT2D eigenvalue weighted by Crippen LogP contribution is 2.42. The number of fused-ring (bicyclic) bond motifs is 1. The molecule has 0 bridgehead atoms. The molecule has 1 N–H and O–H groups in total. The van der Waals surface area contributed by atoms with Crippen LogP contribution in [0.3, 0.4) is 0 Å². The van der Waals surface area contributed by atoms with E-state index < -0.39 is 11.4 Å². The number of likely N-dealkylation sites (tertiary alicyclic amines) is 1. The van der Waals surface area contributed by atoms with Gasteiger partial charge in [0.15, 0.2) is 0 Å². The molecule has 24 heavy (non-hydrogen) atoms. The SMILES string of the molecule is CC(C)Cc1ccc(C(=O)N2C[C@@H]3COCC[C@]3(C(=O)O)C2)cc1. The minimum Gasteiger partial charge on any atom is -0.481 e. The topological polar surface area (TPSA) is 66.8 Å². The van der Waals surface area contributed by atoms with E-state index in [1.54, 1.807) is 4.90 Å². The van der Waals surface area contributed by atoms with Gasteiger partial charge in [0, 0.05) is 31.2 Å². The summed E-state index contributed by atoms with van der Waals surface area (Å²) >= 11 is 0. The summed E-state index contributed by atoms with van der Waals surface area (Å²) < 4.78 is 5.44. The van der Waals surface area contributed by atoms with Crippen molar-refractivity contribution in [1.82, 2.24) is 4.90 Å². The van der Waals surface area contributed by atoms with Gasteiger partial charge in [0.2, 0.25) is 0 Å². The average Bonchev–Trinajstić information content (AvgIpc) is 2.95. The molecule has 130 valence electrons. The van der Waals surface area contributed by atoms with E-state index in [-0.39, 0.29) is 18.4 Å². The Morgan fingerprint density at radius 1 is 1.33 bits per heavy atom. The quantitative estimate of drug-likeness (QED) is 0.920. The summed E-state index contributed by atoms with van der Waals surface area (Å²) in [6.45, 7) is 5.94. The summed E-state index contributed by atoms with van der Waals surface area (Å²) in [4.78, 5) is 26.3. The van der Waals surface area contributed by atoms with Gasteiger partial charge in [-0.25, -0.2) is 0 Å². The van der Waals surface area contributed by atoms with E-state index in [0.29, 0.717) is 37.7 Å². The minimum atomic E-state index is -0.842. The largest absolute Gasteiger partial charge is 0.481 e. The van der Waals surface area contributed by atoms with Crippen molar-refractivity contribution in [2.24, 2.45) is 17.3 Å². The number of nitrogens with zero attached hydrogens (tertiary/aromatic N) is 1. The molecule has 1 aromatic rings. The highest BCUT2D eigenvalue weighted by atomic mass is 16.5. The summed E-state index contributed by atoms with van der Waals surface area (Å²) in [5, 5.41) is 9.70. The Bertz CT molecular complexity index is 625. The van der Waals surface area contributed by atoms with Crippen LogP contribution in [-0.2, 0) is 16.0 Å². The zero-order valence-corrected chi connectivity index (χ0v) is 14.3. The maximum atomic E-state index is 12.8. The lowest BCUT2D eigenvalue weighted by atomic mass is 9.74. The molecule has 1 amide bonds. The van der Waals surface area contributed by atoms with E-state index >= 15 is 0 Å². The Morgan fingerprint density at radius 2 is 2.04 bits per heavy atom. The number of rotatable bonds is 4. The molecule has 0 radical (unpaired) electrons. The van der Waals surface area contributed by atoms with Crippen molar-refractivity contribution in [2.45, 2.75) is 26.7 Å². The van der Waals surface area contributed by atoms with Crippen LogP contribution in [0.4, 0.5) is 0 Å². The summed E-state index contributed by atoms with van der Waals surface area (Å²) in [6, 6.07) is 7.69.